The van der Waals surface area contributed by atoms with Gasteiger partial charge < -0.3 is 10.6 Å². The molecule has 2 saturated heterocycles. The molecular formula is C26H32N8O4S6. The molecule has 0 aliphatic carbocycles. The molecule has 4 amide bonds. The number of nitrogens with zero attached hydrogens (tertiary/aromatic N) is 6. The number of aromatic nitrogens is 4. The topological polar surface area (TPSA) is 150 Å². The Bertz CT molecular complexity index is 1380. The number of carbonyl (C=O) groups excluding carboxylic acids is 4. The third-order valence-corrected chi connectivity index (χ3v) is 10.8. The highest BCUT2D eigenvalue weighted by Gasteiger charge is 2.41. The Hall–Kier alpha value is -2.38. The summed E-state index contributed by atoms with van der Waals surface area (Å²) in [6.07, 6.45) is 2.68. The van der Waals surface area contributed by atoms with E-state index < -0.39 is 0 Å². The Morgan fingerprint density at radius 1 is 0.705 bits per heavy atom. The summed E-state index contributed by atoms with van der Waals surface area (Å²) in [5.74, 6) is -0.324. The van der Waals surface area contributed by atoms with E-state index in [1.165, 1.54) is 32.5 Å². The third-order valence-electron chi connectivity index (χ3n) is 6.07. The highest BCUT2D eigenvalue weighted by Crippen LogP contribution is 2.42. The molecule has 2 N–H and O–H groups in total. The van der Waals surface area contributed by atoms with Gasteiger partial charge in [0.1, 0.15) is 18.7 Å². The van der Waals surface area contributed by atoms with Crippen molar-refractivity contribution in [3.05, 3.63) is 19.8 Å². The summed E-state index contributed by atoms with van der Waals surface area (Å²) < 4.78 is 0.644. The summed E-state index contributed by atoms with van der Waals surface area (Å²) in [6, 6.07) is 0. The lowest BCUT2D eigenvalue weighted by Crippen LogP contribution is -2.31. The molecule has 0 atom stereocenters. The molecule has 12 nitrogen and oxygen atoms in total. The molecule has 0 aromatic carbocycles. The lowest BCUT2D eigenvalue weighted by atomic mass is 10.1. The monoisotopic (exact) mass is 712 g/mol. The van der Waals surface area contributed by atoms with Crippen molar-refractivity contribution in [2.75, 3.05) is 23.7 Å². The predicted octanol–water partition coefficient (Wildman–Crippen LogP) is 4.86. The average molecular weight is 713 g/mol. The Kier molecular flexibility index (Phi) is 12.3. The van der Waals surface area contributed by atoms with Crippen LogP contribution in [-0.2, 0) is 32.0 Å². The van der Waals surface area contributed by atoms with Crippen molar-refractivity contribution in [3.63, 3.8) is 0 Å². The highest BCUT2D eigenvalue weighted by atomic mass is 32.2. The first kappa shape index (κ1) is 34.5. The van der Waals surface area contributed by atoms with Gasteiger partial charge in [-0.3, -0.25) is 29.0 Å². The van der Waals surface area contributed by atoms with Gasteiger partial charge in [-0.1, -0.05) is 98.3 Å². The number of hydrogen-bond acceptors (Lipinski definition) is 14. The molecule has 2 fully saturated rings. The summed E-state index contributed by atoms with van der Waals surface area (Å²) in [6.45, 7) is 8.82. The fourth-order valence-electron chi connectivity index (χ4n) is 4.09. The van der Waals surface area contributed by atoms with Crippen molar-refractivity contribution < 1.29 is 19.2 Å². The van der Waals surface area contributed by atoms with E-state index >= 15 is 0 Å². The molecule has 2 aliphatic rings. The zero-order valence-corrected chi connectivity index (χ0v) is 29.5. The minimum Gasteiger partial charge on any atom is -0.301 e. The predicted molar refractivity (Wildman–Crippen MR) is 183 cm³/mol. The smallest absolute Gasteiger partial charge is 0.267 e. The second kappa shape index (κ2) is 15.8. The van der Waals surface area contributed by atoms with Gasteiger partial charge in [0.25, 0.3) is 11.8 Å². The first-order valence-corrected chi connectivity index (χ1v) is 18.1. The fraction of sp³-hybridized carbons (Fsp3) is 0.538. The van der Waals surface area contributed by atoms with Crippen LogP contribution in [0.15, 0.2) is 9.81 Å². The maximum atomic E-state index is 13.2. The molecule has 4 rings (SSSR count). The summed E-state index contributed by atoms with van der Waals surface area (Å²) in [4.78, 5) is 54.5. The van der Waals surface area contributed by atoms with Crippen molar-refractivity contribution in [2.24, 2.45) is 11.8 Å². The van der Waals surface area contributed by atoms with Crippen LogP contribution in [0.4, 0.5) is 10.3 Å². The number of nitrogens with one attached hydrogen (secondary N) is 2. The number of amides is 4. The van der Waals surface area contributed by atoms with E-state index in [0.717, 1.165) is 46.4 Å². The molecule has 0 spiro atoms. The maximum absolute atomic E-state index is 13.2. The van der Waals surface area contributed by atoms with E-state index in [4.69, 9.17) is 24.4 Å². The van der Waals surface area contributed by atoms with E-state index in [1.54, 1.807) is 0 Å². The second-order valence-electron chi connectivity index (χ2n) is 10.8. The first-order valence-electron chi connectivity index (χ1n) is 14.0. The Morgan fingerprint density at radius 2 is 1.09 bits per heavy atom. The Balaban J connectivity index is 1.24. The van der Waals surface area contributed by atoms with Crippen LogP contribution in [0.3, 0.4) is 0 Å². The molecule has 2 aromatic rings. The minimum atomic E-state index is -0.378. The van der Waals surface area contributed by atoms with E-state index in [1.807, 2.05) is 0 Å². The lowest BCUT2D eigenvalue weighted by molar-refractivity contribution is -0.124. The number of thiocarbonyl (C=S) groups is 2. The van der Waals surface area contributed by atoms with E-state index in [-0.39, 0.29) is 59.4 Å². The SMILES string of the molecule is CC(C)Cc1nnc(NC(=O)CCCN2C(=O)/C(=C3\SC(=S)N(CCCC(=O)Nc4nnc(CC(C)C)s4)C3=O)SC2=S)s1. The van der Waals surface area contributed by atoms with Crippen LogP contribution >= 0.6 is 70.6 Å². The normalized spacial score (nSPS) is 17.1. The van der Waals surface area contributed by atoms with Crippen LogP contribution in [0.25, 0.3) is 0 Å². The van der Waals surface area contributed by atoms with Crippen LogP contribution in [0.5, 0.6) is 0 Å². The van der Waals surface area contributed by atoms with Gasteiger partial charge >= 0.3 is 0 Å². The van der Waals surface area contributed by atoms with Crippen molar-refractivity contribution >= 4 is 113 Å². The molecule has 0 saturated carbocycles. The fourth-order valence-corrected chi connectivity index (χ4v) is 8.79. The number of thioether (sulfide) groups is 2. The minimum absolute atomic E-state index is 0.166. The zero-order valence-electron chi connectivity index (χ0n) is 24.6. The molecule has 0 bridgehead atoms. The van der Waals surface area contributed by atoms with Crippen LogP contribution < -0.4 is 10.6 Å². The molecular weight excluding hydrogens is 681 g/mol. The number of hydrogen-bond donors (Lipinski definition) is 2. The van der Waals surface area contributed by atoms with Gasteiger partial charge in [0.15, 0.2) is 0 Å². The van der Waals surface area contributed by atoms with Gasteiger partial charge in [0.2, 0.25) is 22.1 Å². The first-order chi connectivity index (χ1) is 20.9. The maximum Gasteiger partial charge on any atom is 0.267 e. The van der Waals surface area contributed by atoms with E-state index in [0.29, 0.717) is 43.6 Å². The van der Waals surface area contributed by atoms with Crippen LogP contribution in [0, 0.1) is 11.8 Å². The number of anilines is 2. The van der Waals surface area contributed by atoms with Gasteiger partial charge in [-0.2, -0.15) is 0 Å². The quantitative estimate of drug-likeness (QED) is 0.204. The average Bonchev–Trinajstić information content (AvgIpc) is 3.69. The summed E-state index contributed by atoms with van der Waals surface area (Å²) in [5.41, 5.74) is 0. The van der Waals surface area contributed by atoms with Crippen molar-refractivity contribution in [1.29, 1.82) is 0 Å². The summed E-state index contributed by atoms with van der Waals surface area (Å²) >= 11 is 15.7. The largest absolute Gasteiger partial charge is 0.301 e. The summed E-state index contributed by atoms with van der Waals surface area (Å²) in [5, 5.41) is 24.4. The molecule has 44 heavy (non-hydrogen) atoms. The number of carbonyl (C=O) groups is 4. The lowest BCUT2D eigenvalue weighted by Gasteiger charge is -2.14. The molecule has 4 heterocycles. The summed E-state index contributed by atoms with van der Waals surface area (Å²) in [7, 11) is 0. The Labute approximate surface area is 282 Å². The molecule has 2 aromatic heterocycles. The van der Waals surface area contributed by atoms with Crippen LogP contribution in [-0.4, -0.2) is 75.6 Å². The second-order valence-corrected chi connectivity index (χ2v) is 16.2. The van der Waals surface area contributed by atoms with Crippen molar-refractivity contribution in [1.82, 2.24) is 30.2 Å². The van der Waals surface area contributed by atoms with Gasteiger partial charge in [0, 0.05) is 38.8 Å². The van der Waals surface area contributed by atoms with Crippen LogP contribution in [0.1, 0.15) is 63.4 Å². The van der Waals surface area contributed by atoms with Crippen LogP contribution in [0.2, 0.25) is 0 Å². The molecule has 18 heteroatoms. The highest BCUT2D eigenvalue weighted by molar-refractivity contribution is 8.29. The van der Waals surface area contributed by atoms with Gasteiger partial charge in [-0.25, -0.2) is 0 Å². The van der Waals surface area contributed by atoms with Crippen molar-refractivity contribution in [3.8, 4) is 0 Å². The molecule has 2 aliphatic heterocycles. The number of rotatable bonds is 14. The standard InChI is InChI=1S/C26H32N8O4S6/c1-13(2)11-17-29-31-23(41-17)27-15(35)7-5-9-33-21(37)19(43-25(33)39)20-22(38)34(26(40)44-20)10-6-8-16(36)28-24-32-30-18(42-24)12-14(3)4/h13-14H,5-12H2,1-4H3,(H,27,31,35)(H,28,32,36)/b20-19+. The van der Waals surface area contributed by atoms with Gasteiger partial charge in [-0.15, -0.1) is 20.4 Å². The van der Waals surface area contributed by atoms with Crippen molar-refractivity contribution in [2.45, 2.75) is 66.2 Å². The third kappa shape index (κ3) is 9.32. The Morgan fingerprint density at radius 3 is 1.45 bits per heavy atom. The zero-order chi connectivity index (χ0) is 32.0. The van der Waals surface area contributed by atoms with E-state index in [2.05, 4.69) is 58.7 Å². The van der Waals surface area contributed by atoms with Gasteiger partial charge in [0.05, 0.1) is 9.81 Å². The molecule has 0 radical (unpaired) electrons. The van der Waals surface area contributed by atoms with E-state index in [9.17, 15) is 19.2 Å². The molecule has 236 valence electrons. The molecule has 0 unspecified atom stereocenters. The van der Waals surface area contributed by atoms with Gasteiger partial charge in [-0.05, 0) is 24.7 Å².